The van der Waals surface area contributed by atoms with E-state index in [1.807, 2.05) is 6.92 Å². The van der Waals surface area contributed by atoms with Gasteiger partial charge >= 0.3 is 12.0 Å². The van der Waals surface area contributed by atoms with Crippen molar-refractivity contribution in [2.24, 2.45) is 11.7 Å². The molecule has 0 radical (unpaired) electrons. The second kappa shape index (κ2) is 5.70. The maximum Gasteiger partial charge on any atom is 0.323 e. The molecular weight excluding hydrogens is 238 g/mol. The van der Waals surface area contributed by atoms with Crippen LogP contribution in [0.4, 0.5) is 4.79 Å². The van der Waals surface area contributed by atoms with Gasteiger partial charge in [-0.05, 0) is 25.7 Å². The highest BCUT2D eigenvalue weighted by molar-refractivity contribution is 5.86. The van der Waals surface area contributed by atoms with Gasteiger partial charge in [-0.15, -0.1) is 0 Å². The van der Waals surface area contributed by atoms with Gasteiger partial charge in [0.05, 0.1) is 0 Å². The summed E-state index contributed by atoms with van der Waals surface area (Å²) in [6.45, 7) is 1.01. The lowest BCUT2D eigenvalue weighted by atomic mass is 10.2. The van der Waals surface area contributed by atoms with Gasteiger partial charge in [0.2, 0.25) is 5.91 Å². The van der Waals surface area contributed by atoms with Crippen LogP contribution in [0.1, 0.15) is 19.8 Å². The second-order valence-corrected chi connectivity index (χ2v) is 4.69. The molecule has 0 aromatic heterocycles. The van der Waals surface area contributed by atoms with Crippen LogP contribution in [0.3, 0.4) is 0 Å². The topological polar surface area (TPSA) is 104 Å². The van der Waals surface area contributed by atoms with E-state index in [-0.39, 0.29) is 12.6 Å². The van der Waals surface area contributed by atoms with E-state index in [2.05, 4.69) is 0 Å². The molecule has 3 N–H and O–H groups in total. The maximum atomic E-state index is 12.1. The number of rotatable bonds is 6. The zero-order chi connectivity index (χ0) is 13.9. The number of nitrogens with zero attached hydrogens (tertiary/aromatic N) is 2. The van der Waals surface area contributed by atoms with Crippen LogP contribution in [0.2, 0.25) is 0 Å². The van der Waals surface area contributed by atoms with E-state index >= 15 is 0 Å². The highest BCUT2D eigenvalue weighted by atomic mass is 16.4. The van der Waals surface area contributed by atoms with Gasteiger partial charge in [0.1, 0.15) is 13.1 Å². The number of carboxylic acid groups (broad SMARTS) is 1. The molecule has 1 unspecified atom stereocenters. The van der Waals surface area contributed by atoms with Crippen LogP contribution >= 0.6 is 0 Å². The lowest BCUT2D eigenvalue weighted by molar-refractivity contribution is -0.138. The normalized spacial score (nSPS) is 15.9. The van der Waals surface area contributed by atoms with Gasteiger partial charge in [-0.1, -0.05) is 0 Å². The minimum Gasteiger partial charge on any atom is -0.480 e. The molecule has 0 heterocycles. The fourth-order valence-electron chi connectivity index (χ4n) is 1.83. The molecule has 1 aliphatic carbocycles. The zero-order valence-electron chi connectivity index (χ0n) is 10.6. The first kappa shape index (κ1) is 14.3. The van der Waals surface area contributed by atoms with Crippen molar-refractivity contribution in [3.8, 4) is 0 Å². The van der Waals surface area contributed by atoms with Gasteiger partial charge in [-0.3, -0.25) is 9.59 Å². The minimum atomic E-state index is -1.17. The van der Waals surface area contributed by atoms with Gasteiger partial charge in [0.15, 0.2) is 0 Å². The van der Waals surface area contributed by atoms with Crippen LogP contribution in [0, 0.1) is 5.92 Å². The van der Waals surface area contributed by atoms with Crippen molar-refractivity contribution < 1.29 is 19.5 Å². The number of nitrogens with two attached hydrogens (primary N) is 1. The Labute approximate surface area is 106 Å². The van der Waals surface area contributed by atoms with E-state index in [1.165, 1.54) is 4.90 Å². The molecule has 0 aromatic carbocycles. The summed E-state index contributed by atoms with van der Waals surface area (Å²) in [7, 11) is 1.61. The van der Waals surface area contributed by atoms with E-state index in [1.54, 1.807) is 7.05 Å². The molecule has 0 bridgehead atoms. The number of carboxylic acids is 1. The molecule has 0 aliphatic heterocycles. The zero-order valence-corrected chi connectivity index (χ0v) is 10.6. The highest BCUT2D eigenvalue weighted by Crippen LogP contribution is 2.34. The van der Waals surface area contributed by atoms with Gasteiger partial charge in [-0.2, -0.15) is 0 Å². The molecular formula is C11H19N3O4. The SMILES string of the molecule is CC(C1CC1)N(C)C(=O)N(CC(N)=O)CC(=O)O. The minimum absolute atomic E-state index is 0.0432. The van der Waals surface area contributed by atoms with Crippen molar-refractivity contribution in [2.75, 3.05) is 20.1 Å². The van der Waals surface area contributed by atoms with E-state index < -0.39 is 24.5 Å². The molecule has 1 aliphatic rings. The quantitative estimate of drug-likeness (QED) is 0.682. The van der Waals surface area contributed by atoms with E-state index in [4.69, 9.17) is 10.8 Å². The summed E-state index contributed by atoms with van der Waals surface area (Å²) in [4.78, 5) is 36.0. The fourth-order valence-corrected chi connectivity index (χ4v) is 1.83. The van der Waals surface area contributed by atoms with E-state index in [0.29, 0.717) is 5.92 Å². The van der Waals surface area contributed by atoms with Gasteiger partial charge in [0.25, 0.3) is 0 Å². The second-order valence-electron chi connectivity index (χ2n) is 4.69. The van der Waals surface area contributed by atoms with Crippen molar-refractivity contribution in [1.29, 1.82) is 0 Å². The summed E-state index contributed by atoms with van der Waals surface area (Å²) in [5, 5.41) is 8.72. The van der Waals surface area contributed by atoms with Crippen LogP contribution < -0.4 is 5.73 Å². The predicted octanol–water partition coefficient (Wildman–Crippen LogP) is -0.291. The molecule has 0 aromatic rings. The lowest BCUT2D eigenvalue weighted by Crippen LogP contribution is -2.50. The van der Waals surface area contributed by atoms with Crippen molar-refractivity contribution in [2.45, 2.75) is 25.8 Å². The average molecular weight is 257 g/mol. The number of hydrogen-bond acceptors (Lipinski definition) is 3. The van der Waals surface area contributed by atoms with Crippen LogP contribution in [0.25, 0.3) is 0 Å². The molecule has 1 saturated carbocycles. The first-order valence-corrected chi connectivity index (χ1v) is 5.84. The first-order chi connectivity index (χ1) is 8.32. The Kier molecular flexibility index (Phi) is 4.52. The Hall–Kier alpha value is -1.79. The smallest absolute Gasteiger partial charge is 0.323 e. The summed E-state index contributed by atoms with van der Waals surface area (Å²) in [5.41, 5.74) is 5.01. The van der Waals surface area contributed by atoms with E-state index in [9.17, 15) is 14.4 Å². The monoisotopic (exact) mass is 257 g/mol. The Morgan fingerprint density at radius 1 is 1.33 bits per heavy atom. The number of urea groups is 1. The molecule has 7 heteroatoms. The lowest BCUT2D eigenvalue weighted by Gasteiger charge is -2.30. The maximum absolute atomic E-state index is 12.1. The van der Waals surface area contributed by atoms with Crippen LogP contribution in [-0.2, 0) is 9.59 Å². The van der Waals surface area contributed by atoms with Gasteiger partial charge < -0.3 is 20.6 Å². The summed E-state index contributed by atoms with van der Waals surface area (Å²) in [5.74, 6) is -1.42. The third-order valence-electron chi connectivity index (χ3n) is 3.16. The number of carbonyl (C=O) groups excluding carboxylic acids is 2. The number of aliphatic carboxylic acids is 1. The Bertz CT molecular complexity index is 338. The van der Waals surface area contributed by atoms with Crippen molar-refractivity contribution >= 4 is 17.9 Å². The molecule has 1 atom stereocenters. The van der Waals surface area contributed by atoms with Crippen LogP contribution in [0.5, 0.6) is 0 Å². The van der Waals surface area contributed by atoms with Crippen molar-refractivity contribution in [1.82, 2.24) is 9.80 Å². The third kappa shape index (κ3) is 3.90. The largest absolute Gasteiger partial charge is 0.480 e. The van der Waals surface area contributed by atoms with Crippen molar-refractivity contribution in [3.05, 3.63) is 0 Å². The first-order valence-electron chi connectivity index (χ1n) is 5.84. The molecule has 102 valence electrons. The molecule has 1 fully saturated rings. The number of amides is 3. The van der Waals surface area contributed by atoms with Crippen LogP contribution in [0.15, 0.2) is 0 Å². The third-order valence-corrected chi connectivity index (χ3v) is 3.16. The van der Waals surface area contributed by atoms with Crippen LogP contribution in [-0.4, -0.2) is 59.0 Å². The number of carbonyl (C=O) groups is 3. The molecule has 0 spiro atoms. The number of primary amides is 1. The molecule has 7 nitrogen and oxygen atoms in total. The van der Waals surface area contributed by atoms with Gasteiger partial charge in [-0.25, -0.2) is 4.79 Å². The molecule has 3 amide bonds. The summed E-state index contributed by atoms with van der Waals surface area (Å²) < 4.78 is 0. The Morgan fingerprint density at radius 2 is 1.89 bits per heavy atom. The standard InChI is InChI=1S/C11H19N3O4/c1-7(8-3-4-8)13(2)11(18)14(5-9(12)15)6-10(16)17/h7-8H,3-6H2,1-2H3,(H2,12,15)(H,16,17). The van der Waals surface area contributed by atoms with Gasteiger partial charge in [0, 0.05) is 13.1 Å². The van der Waals surface area contributed by atoms with Crippen molar-refractivity contribution in [3.63, 3.8) is 0 Å². The predicted molar refractivity (Wildman–Crippen MR) is 63.7 cm³/mol. The fraction of sp³-hybridized carbons (Fsp3) is 0.727. The summed E-state index contributed by atoms with van der Waals surface area (Å²) in [6.07, 6.45) is 2.15. The summed E-state index contributed by atoms with van der Waals surface area (Å²) >= 11 is 0. The summed E-state index contributed by atoms with van der Waals surface area (Å²) in [6, 6.07) is -0.433. The highest BCUT2D eigenvalue weighted by Gasteiger charge is 2.34. The average Bonchev–Trinajstić information content (AvgIpc) is 3.07. The molecule has 18 heavy (non-hydrogen) atoms. The molecule has 0 saturated heterocycles. The Morgan fingerprint density at radius 3 is 2.28 bits per heavy atom. The molecule has 1 rings (SSSR count). The Balaban J connectivity index is 2.66. The van der Waals surface area contributed by atoms with E-state index in [0.717, 1.165) is 17.7 Å². The number of hydrogen-bond donors (Lipinski definition) is 2.